The molecule has 24 heavy (non-hydrogen) atoms. The van der Waals surface area contributed by atoms with Crippen molar-refractivity contribution in [3.05, 3.63) is 69.7 Å². The lowest BCUT2D eigenvalue weighted by molar-refractivity contribution is 0.241. The third kappa shape index (κ3) is 4.27. The molecule has 0 radical (unpaired) electrons. The third-order valence-electron chi connectivity index (χ3n) is 4.82. The molecule has 2 aromatic carbocycles. The minimum absolute atomic E-state index is 0.323. The van der Waals surface area contributed by atoms with Crippen molar-refractivity contribution < 1.29 is 0 Å². The van der Waals surface area contributed by atoms with Crippen LogP contribution in [0.3, 0.4) is 0 Å². The van der Waals surface area contributed by atoms with Crippen LogP contribution in [0.25, 0.3) is 0 Å². The molecular weight excluding hydrogens is 360 g/mol. The lowest BCUT2D eigenvalue weighted by Crippen LogP contribution is -2.33. The molecule has 1 atom stereocenters. The van der Waals surface area contributed by atoms with Crippen LogP contribution in [0.5, 0.6) is 0 Å². The highest BCUT2D eigenvalue weighted by atomic mass is 79.9. The fourth-order valence-electron chi connectivity index (χ4n) is 3.48. The van der Waals surface area contributed by atoms with Crippen molar-refractivity contribution >= 4 is 15.9 Å². The SMILES string of the molecule is CC(C)c1ccc(C(c2cccc(Br)c2)N2CCCNCC2)cc1. The van der Waals surface area contributed by atoms with E-state index in [1.54, 1.807) is 0 Å². The van der Waals surface area contributed by atoms with Gasteiger partial charge in [0.1, 0.15) is 0 Å². The Kier molecular flexibility index (Phi) is 6.09. The fraction of sp³-hybridized carbons (Fsp3) is 0.429. The molecule has 3 rings (SSSR count). The zero-order chi connectivity index (χ0) is 16.9. The minimum atomic E-state index is 0.323. The van der Waals surface area contributed by atoms with Crippen LogP contribution in [0, 0.1) is 0 Å². The lowest BCUT2D eigenvalue weighted by Gasteiger charge is -2.31. The zero-order valence-electron chi connectivity index (χ0n) is 14.6. The van der Waals surface area contributed by atoms with Crippen LogP contribution < -0.4 is 5.32 Å². The molecule has 1 aliphatic heterocycles. The summed E-state index contributed by atoms with van der Waals surface area (Å²) in [6.45, 7) is 8.91. The highest BCUT2D eigenvalue weighted by molar-refractivity contribution is 9.10. The molecule has 1 aliphatic rings. The van der Waals surface area contributed by atoms with Gasteiger partial charge in [-0.2, -0.15) is 0 Å². The van der Waals surface area contributed by atoms with E-state index in [1.165, 1.54) is 23.1 Å². The van der Waals surface area contributed by atoms with E-state index in [9.17, 15) is 0 Å². The van der Waals surface area contributed by atoms with Gasteiger partial charge in [-0.15, -0.1) is 0 Å². The van der Waals surface area contributed by atoms with Gasteiger partial charge in [0.05, 0.1) is 6.04 Å². The summed E-state index contributed by atoms with van der Waals surface area (Å²) in [5, 5.41) is 3.52. The van der Waals surface area contributed by atoms with Crippen LogP contribution in [0.15, 0.2) is 53.0 Å². The molecule has 1 N–H and O–H groups in total. The Morgan fingerprint density at radius 1 is 0.917 bits per heavy atom. The van der Waals surface area contributed by atoms with Crippen LogP contribution in [-0.4, -0.2) is 31.1 Å². The standard InChI is InChI=1S/C21H27BrN2/c1-16(2)17-7-9-18(10-8-17)21(19-5-3-6-20(22)15-19)24-13-4-11-23-12-14-24/h3,5-10,15-16,21,23H,4,11-14H2,1-2H3. The summed E-state index contributed by atoms with van der Waals surface area (Å²) in [7, 11) is 0. The smallest absolute Gasteiger partial charge is 0.0602 e. The molecule has 0 aliphatic carbocycles. The van der Waals surface area contributed by atoms with E-state index < -0.39 is 0 Å². The molecule has 2 aromatic rings. The minimum Gasteiger partial charge on any atom is -0.315 e. The summed E-state index contributed by atoms with van der Waals surface area (Å²) in [5.74, 6) is 0.575. The quantitative estimate of drug-likeness (QED) is 0.798. The predicted molar refractivity (Wildman–Crippen MR) is 106 cm³/mol. The summed E-state index contributed by atoms with van der Waals surface area (Å²) >= 11 is 3.64. The van der Waals surface area contributed by atoms with E-state index in [-0.39, 0.29) is 0 Å². The second-order valence-electron chi connectivity index (χ2n) is 6.92. The van der Waals surface area contributed by atoms with E-state index in [2.05, 4.69) is 88.5 Å². The number of benzene rings is 2. The molecule has 2 nitrogen and oxygen atoms in total. The van der Waals surface area contributed by atoms with Gasteiger partial charge in [0.25, 0.3) is 0 Å². The average Bonchev–Trinajstić information content (AvgIpc) is 2.85. The topological polar surface area (TPSA) is 15.3 Å². The van der Waals surface area contributed by atoms with Crippen LogP contribution in [-0.2, 0) is 0 Å². The number of rotatable bonds is 4. The molecule has 1 unspecified atom stereocenters. The molecule has 0 spiro atoms. The first-order valence-electron chi connectivity index (χ1n) is 8.95. The van der Waals surface area contributed by atoms with Crippen molar-refractivity contribution in [2.24, 2.45) is 0 Å². The van der Waals surface area contributed by atoms with Crippen LogP contribution in [0.2, 0.25) is 0 Å². The van der Waals surface area contributed by atoms with Gasteiger partial charge in [-0.25, -0.2) is 0 Å². The molecule has 0 saturated carbocycles. The van der Waals surface area contributed by atoms with Crippen molar-refractivity contribution in [2.45, 2.75) is 32.2 Å². The molecule has 3 heteroatoms. The monoisotopic (exact) mass is 386 g/mol. The van der Waals surface area contributed by atoms with E-state index in [4.69, 9.17) is 0 Å². The molecule has 0 bridgehead atoms. The molecule has 1 fully saturated rings. The first-order chi connectivity index (χ1) is 11.6. The first-order valence-corrected chi connectivity index (χ1v) is 9.74. The van der Waals surface area contributed by atoms with Gasteiger partial charge in [0, 0.05) is 24.1 Å². The van der Waals surface area contributed by atoms with E-state index in [1.807, 2.05) is 0 Å². The molecule has 0 aromatic heterocycles. The third-order valence-corrected chi connectivity index (χ3v) is 5.32. The zero-order valence-corrected chi connectivity index (χ0v) is 16.2. The maximum absolute atomic E-state index is 3.64. The Hall–Kier alpha value is -1.16. The number of nitrogens with one attached hydrogen (secondary N) is 1. The number of hydrogen-bond acceptors (Lipinski definition) is 2. The van der Waals surface area contributed by atoms with Crippen molar-refractivity contribution in [2.75, 3.05) is 26.2 Å². The number of hydrogen-bond donors (Lipinski definition) is 1. The summed E-state index contributed by atoms with van der Waals surface area (Å²) in [4.78, 5) is 2.62. The Balaban J connectivity index is 1.97. The maximum Gasteiger partial charge on any atom is 0.0602 e. The molecule has 128 valence electrons. The second kappa shape index (κ2) is 8.28. The van der Waals surface area contributed by atoms with Crippen molar-refractivity contribution in [3.8, 4) is 0 Å². The molecule has 1 saturated heterocycles. The number of halogens is 1. The largest absolute Gasteiger partial charge is 0.315 e. The van der Waals surface area contributed by atoms with Gasteiger partial charge in [-0.05, 0) is 47.7 Å². The lowest BCUT2D eigenvalue weighted by atomic mass is 9.94. The fourth-order valence-corrected chi connectivity index (χ4v) is 3.90. The van der Waals surface area contributed by atoms with Gasteiger partial charge in [0.15, 0.2) is 0 Å². The van der Waals surface area contributed by atoms with Gasteiger partial charge in [-0.1, -0.05) is 66.2 Å². The van der Waals surface area contributed by atoms with Crippen LogP contribution in [0.1, 0.15) is 48.9 Å². The van der Waals surface area contributed by atoms with Gasteiger partial charge in [-0.3, -0.25) is 4.90 Å². The molecule has 0 amide bonds. The number of nitrogens with zero attached hydrogens (tertiary/aromatic N) is 1. The summed E-state index contributed by atoms with van der Waals surface area (Å²) in [5.41, 5.74) is 4.16. The van der Waals surface area contributed by atoms with Crippen molar-refractivity contribution in [1.29, 1.82) is 0 Å². The van der Waals surface area contributed by atoms with Gasteiger partial charge < -0.3 is 5.32 Å². The van der Waals surface area contributed by atoms with Crippen LogP contribution in [0.4, 0.5) is 0 Å². The van der Waals surface area contributed by atoms with Gasteiger partial charge >= 0.3 is 0 Å². The Bertz CT molecular complexity index is 643. The van der Waals surface area contributed by atoms with Crippen LogP contribution >= 0.6 is 15.9 Å². The highest BCUT2D eigenvalue weighted by Crippen LogP contribution is 2.31. The molecular formula is C21H27BrN2. The normalized spacial score (nSPS) is 17.7. The first kappa shape index (κ1) is 17.7. The van der Waals surface area contributed by atoms with E-state index in [0.29, 0.717) is 12.0 Å². The average molecular weight is 387 g/mol. The Morgan fingerprint density at radius 2 is 1.67 bits per heavy atom. The maximum atomic E-state index is 3.64. The Labute approximate surface area is 154 Å². The summed E-state index contributed by atoms with van der Waals surface area (Å²) in [6, 6.07) is 18.3. The summed E-state index contributed by atoms with van der Waals surface area (Å²) in [6.07, 6.45) is 1.20. The highest BCUT2D eigenvalue weighted by Gasteiger charge is 2.23. The molecule has 1 heterocycles. The van der Waals surface area contributed by atoms with Crippen molar-refractivity contribution in [3.63, 3.8) is 0 Å². The second-order valence-corrected chi connectivity index (χ2v) is 7.83. The van der Waals surface area contributed by atoms with E-state index in [0.717, 1.165) is 30.7 Å². The van der Waals surface area contributed by atoms with Crippen molar-refractivity contribution in [1.82, 2.24) is 10.2 Å². The Morgan fingerprint density at radius 3 is 2.38 bits per heavy atom. The predicted octanol–water partition coefficient (Wildman–Crippen LogP) is 4.96. The van der Waals surface area contributed by atoms with Gasteiger partial charge in [0.2, 0.25) is 0 Å². The van der Waals surface area contributed by atoms with E-state index >= 15 is 0 Å². The summed E-state index contributed by atoms with van der Waals surface area (Å²) < 4.78 is 1.15.